The number of nitrogen functional groups attached to an aromatic ring is 1. The van der Waals surface area contributed by atoms with E-state index < -0.39 is 0 Å². The Labute approximate surface area is 118 Å². The van der Waals surface area contributed by atoms with Crippen LogP contribution in [0.1, 0.15) is 16.7 Å². The molecular formula is C16H18N2O2. The fourth-order valence-electron chi connectivity index (χ4n) is 2.04. The van der Waals surface area contributed by atoms with E-state index in [1.54, 1.807) is 6.07 Å². The number of ether oxygens (including phenoxy) is 1. The second kappa shape index (κ2) is 6.73. The molecule has 0 fully saturated rings. The molecule has 0 amide bonds. The largest absolute Gasteiger partial charge is 0.489 e. The number of hydrogen-bond acceptors (Lipinski definition) is 3. The quantitative estimate of drug-likeness (QED) is 0.555. The van der Waals surface area contributed by atoms with Crippen molar-refractivity contribution in [2.45, 2.75) is 13.0 Å². The van der Waals surface area contributed by atoms with Gasteiger partial charge in [0.2, 0.25) is 0 Å². The minimum Gasteiger partial charge on any atom is -0.489 e. The molecule has 0 saturated heterocycles. The van der Waals surface area contributed by atoms with Gasteiger partial charge in [0.1, 0.15) is 18.2 Å². The van der Waals surface area contributed by atoms with Crippen LogP contribution < -0.4 is 10.5 Å². The van der Waals surface area contributed by atoms with Gasteiger partial charge in [-0.15, -0.1) is 0 Å². The van der Waals surface area contributed by atoms with Crippen molar-refractivity contribution >= 4 is 5.84 Å². The highest BCUT2D eigenvalue weighted by Gasteiger charge is 2.07. The number of hydrogen-bond donors (Lipinski definition) is 3. The van der Waals surface area contributed by atoms with Crippen LogP contribution >= 0.6 is 0 Å². The minimum absolute atomic E-state index is 0.0350. The molecule has 0 bridgehead atoms. The van der Waals surface area contributed by atoms with Crippen LogP contribution in [0.25, 0.3) is 0 Å². The molecule has 2 aromatic rings. The molecule has 0 aliphatic heterocycles. The van der Waals surface area contributed by atoms with Gasteiger partial charge in [0.05, 0.1) is 0 Å². The predicted octanol–water partition coefficient (Wildman–Crippen LogP) is 2.08. The first kappa shape index (κ1) is 14.1. The van der Waals surface area contributed by atoms with Gasteiger partial charge in [0.25, 0.3) is 0 Å². The molecule has 0 unspecified atom stereocenters. The molecule has 104 valence electrons. The standard InChI is InChI=1S/C16H18N2O2/c17-16(18)14-7-3-1-6-13(14)11-20-15-8-4-2-5-12(15)9-10-19/h1-8,19H,9-11H2,(H3,17,18). The number of rotatable bonds is 6. The summed E-state index contributed by atoms with van der Waals surface area (Å²) in [5, 5.41) is 16.6. The minimum atomic E-state index is 0.0350. The topological polar surface area (TPSA) is 79.3 Å². The molecule has 0 heterocycles. The highest BCUT2D eigenvalue weighted by atomic mass is 16.5. The summed E-state index contributed by atoms with van der Waals surface area (Å²) < 4.78 is 5.80. The van der Waals surface area contributed by atoms with Crippen LogP contribution in [0.15, 0.2) is 48.5 Å². The molecule has 2 rings (SSSR count). The summed E-state index contributed by atoms with van der Waals surface area (Å²) in [5.41, 5.74) is 8.08. The van der Waals surface area contributed by atoms with E-state index in [-0.39, 0.29) is 12.4 Å². The summed E-state index contributed by atoms with van der Waals surface area (Å²) in [5.74, 6) is 0.785. The molecule has 0 aliphatic rings. The van der Waals surface area contributed by atoms with Gasteiger partial charge in [-0.05, 0) is 18.1 Å². The Morgan fingerprint density at radius 1 is 1.05 bits per heavy atom. The van der Waals surface area contributed by atoms with Crippen molar-refractivity contribution in [1.29, 1.82) is 5.41 Å². The average Bonchev–Trinajstić information content (AvgIpc) is 2.47. The Kier molecular flexibility index (Phi) is 4.74. The Morgan fingerprint density at radius 3 is 2.40 bits per heavy atom. The first-order chi connectivity index (χ1) is 9.72. The molecule has 0 aromatic heterocycles. The third-order valence-electron chi connectivity index (χ3n) is 3.04. The van der Waals surface area contributed by atoms with Gasteiger partial charge in [-0.2, -0.15) is 0 Å². The Morgan fingerprint density at radius 2 is 1.70 bits per heavy atom. The number of nitrogens with two attached hydrogens (primary N) is 1. The molecule has 4 N–H and O–H groups in total. The zero-order valence-corrected chi connectivity index (χ0v) is 11.2. The molecule has 0 atom stereocenters. The second-order valence-electron chi connectivity index (χ2n) is 4.44. The van der Waals surface area contributed by atoms with Crippen LogP contribution in [0.3, 0.4) is 0 Å². The normalized spacial score (nSPS) is 10.2. The van der Waals surface area contributed by atoms with Crippen LogP contribution in [0.2, 0.25) is 0 Å². The summed E-state index contributed by atoms with van der Waals surface area (Å²) in [6.07, 6.45) is 0.560. The lowest BCUT2D eigenvalue weighted by Crippen LogP contribution is -2.14. The van der Waals surface area contributed by atoms with E-state index in [0.29, 0.717) is 18.6 Å². The van der Waals surface area contributed by atoms with E-state index in [9.17, 15) is 0 Å². The molecule has 0 spiro atoms. The second-order valence-corrected chi connectivity index (χ2v) is 4.44. The van der Waals surface area contributed by atoms with Gasteiger partial charge in [-0.1, -0.05) is 42.5 Å². The van der Waals surface area contributed by atoms with Gasteiger partial charge >= 0.3 is 0 Å². The molecule has 0 radical (unpaired) electrons. The Balaban J connectivity index is 2.15. The number of aliphatic hydroxyl groups is 1. The van der Waals surface area contributed by atoms with E-state index in [0.717, 1.165) is 16.9 Å². The van der Waals surface area contributed by atoms with E-state index >= 15 is 0 Å². The van der Waals surface area contributed by atoms with Crippen LogP contribution in [0.5, 0.6) is 5.75 Å². The SMILES string of the molecule is N=C(N)c1ccccc1COc1ccccc1CCO. The number of para-hydroxylation sites is 1. The lowest BCUT2D eigenvalue weighted by Gasteiger charge is -2.13. The first-order valence-electron chi connectivity index (χ1n) is 6.46. The first-order valence-corrected chi connectivity index (χ1v) is 6.46. The van der Waals surface area contributed by atoms with Crippen molar-refractivity contribution in [2.24, 2.45) is 5.73 Å². The molecule has 4 nitrogen and oxygen atoms in total. The lowest BCUT2D eigenvalue weighted by molar-refractivity contribution is 0.284. The highest BCUT2D eigenvalue weighted by molar-refractivity contribution is 5.96. The summed E-state index contributed by atoms with van der Waals surface area (Å²) in [4.78, 5) is 0. The smallest absolute Gasteiger partial charge is 0.123 e. The molecule has 20 heavy (non-hydrogen) atoms. The number of amidine groups is 1. The number of benzene rings is 2. The van der Waals surface area contributed by atoms with Crippen molar-refractivity contribution in [2.75, 3.05) is 6.61 Å². The summed E-state index contributed by atoms with van der Waals surface area (Å²) in [6.45, 7) is 0.433. The van der Waals surface area contributed by atoms with Crippen molar-refractivity contribution in [3.63, 3.8) is 0 Å². The zero-order valence-electron chi connectivity index (χ0n) is 11.2. The number of nitrogens with one attached hydrogen (secondary N) is 1. The van der Waals surface area contributed by atoms with Crippen LogP contribution in [-0.4, -0.2) is 17.5 Å². The van der Waals surface area contributed by atoms with Crippen molar-refractivity contribution in [3.8, 4) is 5.75 Å². The molecule has 4 heteroatoms. The van der Waals surface area contributed by atoms with E-state index in [1.807, 2.05) is 42.5 Å². The fourth-order valence-corrected chi connectivity index (χ4v) is 2.04. The monoisotopic (exact) mass is 270 g/mol. The zero-order chi connectivity index (χ0) is 14.4. The number of aliphatic hydroxyl groups excluding tert-OH is 1. The van der Waals surface area contributed by atoms with Gasteiger partial charge < -0.3 is 15.6 Å². The lowest BCUT2D eigenvalue weighted by atomic mass is 10.1. The maximum atomic E-state index is 9.05. The van der Waals surface area contributed by atoms with Gasteiger partial charge in [-0.25, -0.2) is 0 Å². The van der Waals surface area contributed by atoms with E-state index in [2.05, 4.69) is 0 Å². The Hall–Kier alpha value is -2.33. The van der Waals surface area contributed by atoms with Gasteiger partial charge in [0.15, 0.2) is 0 Å². The predicted molar refractivity (Wildman–Crippen MR) is 79.0 cm³/mol. The van der Waals surface area contributed by atoms with Crippen molar-refractivity contribution in [3.05, 3.63) is 65.2 Å². The molecule has 0 aliphatic carbocycles. The third-order valence-corrected chi connectivity index (χ3v) is 3.04. The molecular weight excluding hydrogens is 252 g/mol. The highest BCUT2D eigenvalue weighted by Crippen LogP contribution is 2.20. The van der Waals surface area contributed by atoms with Gasteiger partial charge in [0, 0.05) is 17.7 Å². The summed E-state index contributed by atoms with van der Waals surface area (Å²) in [7, 11) is 0. The maximum absolute atomic E-state index is 9.05. The molecule has 2 aromatic carbocycles. The third kappa shape index (κ3) is 3.36. The summed E-state index contributed by atoms with van der Waals surface area (Å²) in [6, 6.07) is 15.1. The van der Waals surface area contributed by atoms with Gasteiger partial charge in [-0.3, -0.25) is 5.41 Å². The Bertz CT molecular complexity index is 597. The summed E-state index contributed by atoms with van der Waals surface area (Å²) >= 11 is 0. The van der Waals surface area contributed by atoms with E-state index in [4.69, 9.17) is 21.0 Å². The van der Waals surface area contributed by atoms with Crippen molar-refractivity contribution in [1.82, 2.24) is 0 Å². The van der Waals surface area contributed by atoms with Crippen LogP contribution in [0.4, 0.5) is 0 Å². The maximum Gasteiger partial charge on any atom is 0.123 e. The fraction of sp³-hybridized carbons (Fsp3) is 0.188. The van der Waals surface area contributed by atoms with Crippen LogP contribution in [-0.2, 0) is 13.0 Å². The molecule has 0 saturated carbocycles. The van der Waals surface area contributed by atoms with E-state index in [1.165, 1.54) is 0 Å². The van der Waals surface area contributed by atoms with Crippen molar-refractivity contribution < 1.29 is 9.84 Å². The van der Waals surface area contributed by atoms with Crippen LogP contribution in [0, 0.1) is 5.41 Å². The average molecular weight is 270 g/mol.